The molecule has 1 aromatic heterocycles. The number of hydrogen-bond donors (Lipinski definition) is 2. The molecule has 0 spiro atoms. The standard InChI is InChI=1S/C15H13BrCl2N2O3/c16-13-4-3-12(23-13)15(22)20-8-14(21)19-6-5-9-1-2-10(17)7-11(9)18/h1-4,7H,5-6,8H2,(H,19,21)(H,20,22). The molecule has 0 atom stereocenters. The molecule has 0 aliphatic carbocycles. The third kappa shape index (κ3) is 5.57. The Labute approximate surface area is 151 Å². The predicted molar refractivity (Wildman–Crippen MR) is 91.9 cm³/mol. The minimum absolute atomic E-state index is 0.133. The Morgan fingerprint density at radius 1 is 1.13 bits per heavy atom. The molecule has 0 bridgehead atoms. The SMILES string of the molecule is O=C(CNC(=O)c1ccc(Br)o1)NCCc1ccc(Cl)cc1Cl. The maximum Gasteiger partial charge on any atom is 0.287 e. The van der Waals surface area contributed by atoms with E-state index in [1.54, 1.807) is 18.2 Å². The Morgan fingerprint density at radius 3 is 2.57 bits per heavy atom. The first-order valence-electron chi connectivity index (χ1n) is 6.70. The molecule has 1 heterocycles. The van der Waals surface area contributed by atoms with Crippen molar-refractivity contribution < 1.29 is 14.0 Å². The lowest BCUT2D eigenvalue weighted by Crippen LogP contribution is -2.37. The Kier molecular flexibility index (Phi) is 6.50. The van der Waals surface area contributed by atoms with Gasteiger partial charge >= 0.3 is 0 Å². The van der Waals surface area contributed by atoms with Crippen LogP contribution < -0.4 is 10.6 Å². The summed E-state index contributed by atoms with van der Waals surface area (Å²) >= 11 is 15.0. The van der Waals surface area contributed by atoms with E-state index in [0.717, 1.165) is 5.56 Å². The Hall–Kier alpha value is -1.50. The van der Waals surface area contributed by atoms with E-state index in [1.165, 1.54) is 6.07 Å². The molecular formula is C15H13BrCl2N2O3. The van der Waals surface area contributed by atoms with Gasteiger partial charge in [0.1, 0.15) is 0 Å². The van der Waals surface area contributed by atoms with Gasteiger partial charge < -0.3 is 15.1 Å². The van der Waals surface area contributed by atoms with E-state index in [1.807, 2.05) is 6.07 Å². The van der Waals surface area contributed by atoms with E-state index in [9.17, 15) is 9.59 Å². The van der Waals surface area contributed by atoms with Crippen molar-refractivity contribution >= 4 is 50.9 Å². The molecule has 2 N–H and O–H groups in total. The lowest BCUT2D eigenvalue weighted by Gasteiger charge is -2.07. The summed E-state index contributed by atoms with van der Waals surface area (Å²) in [7, 11) is 0. The zero-order valence-electron chi connectivity index (χ0n) is 11.9. The monoisotopic (exact) mass is 418 g/mol. The van der Waals surface area contributed by atoms with Crippen LogP contribution in [0.5, 0.6) is 0 Å². The Bertz CT molecular complexity index is 718. The van der Waals surface area contributed by atoms with Gasteiger partial charge in [-0.05, 0) is 52.2 Å². The van der Waals surface area contributed by atoms with Crippen LogP contribution in [0.1, 0.15) is 16.1 Å². The van der Waals surface area contributed by atoms with Gasteiger partial charge in [-0.1, -0.05) is 29.3 Å². The summed E-state index contributed by atoms with van der Waals surface area (Å²) < 4.78 is 5.54. The van der Waals surface area contributed by atoms with Crippen molar-refractivity contribution in [2.75, 3.05) is 13.1 Å². The first-order valence-corrected chi connectivity index (χ1v) is 8.25. The lowest BCUT2D eigenvalue weighted by atomic mass is 10.1. The predicted octanol–water partition coefficient (Wildman–Crippen LogP) is 3.44. The fourth-order valence-corrected chi connectivity index (χ4v) is 2.62. The highest BCUT2D eigenvalue weighted by Gasteiger charge is 2.11. The summed E-state index contributed by atoms with van der Waals surface area (Å²) in [6, 6.07) is 8.33. The first kappa shape index (κ1) is 17.8. The van der Waals surface area contributed by atoms with Crippen molar-refractivity contribution in [1.82, 2.24) is 10.6 Å². The van der Waals surface area contributed by atoms with Crippen molar-refractivity contribution in [3.63, 3.8) is 0 Å². The van der Waals surface area contributed by atoms with Crippen LogP contribution in [0.3, 0.4) is 0 Å². The summed E-state index contributed by atoms with van der Waals surface area (Å²) in [6.07, 6.45) is 0.570. The van der Waals surface area contributed by atoms with Gasteiger partial charge in [0.05, 0.1) is 6.54 Å². The summed E-state index contributed by atoms with van der Waals surface area (Å²) in [5.74, 6) is -0.613. The van der Waals surface area contributed by atoms with E-state index >= 15 is 0 Å². The molecule has 0 radical (unpaired) electrons. The average Bonchev–Trinajstić information content (AvgIpc) is 2.93. The van der Waals surface area contributed by atoms with Gasteiger partial charge in [-0.15, -0.1) is 0 Å². The van der Waals surface area contributed by atoms with Crippen molar-refractivity contribution in [3.05, 3.63) is 56.4 Å². The second-order valence-corrected chi connectivity index (χ2v) is 6.25. The second-order valence-electron chi connectivity index (χ2n) is 4.62. The van der Waals surface area contributed by atoms with Crippen molar-refractivity contribution in [3.8, 4) is 0 Å². The topological polar surface area (TPSA) is 71.3 Å². The van der Waals surface area contributed by atoms with Crippen LogP contribution in [0.25, 0.3) is 0 Å². The quantitative estimate of drug-likeness (QED) is 0.753. The second kappa shape index (κ2) is 8.38. The maximum absolute atomic E-state index is 11.7. The van der Waals surface area contributed by atoms with Crippen LogP contribution in [-0.4, -0.2) is 24.9 Å². The lowest BCUT2D eigenvalue weighted by molar-refractivity contribution is -0.120. The molecule has 122 valence electrons. The van der Waals surface area contributed by atoms with Gasteiger partial charge in [0.25, 0.3) is 5.91 Å². The summed E-state index contributed by atoms with van der Waals surface area (Å²) in [6.45, 7) is 0.272. The molecule has 0 fully saturated rings. The van der Waals surface area contributed by atoms with Gasteiger partial charge in [0.15, 0.2) is 10.4 Å². The molecular weight excluding hydrogens is 407 g/mol. The third-order valence-electron chi connectivity index (χ3n) is 2.94. The average molecular weight is 420 g/mol. The smallest absolute Gasteiger partial charge is 0.287 e. The number of halogens is 3. The number of rotatable bonds is 6. The maximum atomic E-state index is 11.7. The molecule has 8 heteroatoms. The zero-order chi connectivity index (χ0) is 16.8. The molecule has 0 aliphatic rings. The molecule has 5 nitrogen and oxygen atoms in total. The van der Waals surface area contributed by atoms with Gasteiger partial charge in [0, 0.05) is 16.6 Å². The van der Waals surface area contributed by atoms with Crippen LogP contribution in [0.15, 0.2) is 39.4 Å². The highest BCUT2D eigenvalue weighted by atomic mass is 79.9. The van der Waals surface area contributed by atoms with Crippen LogP contribution in [-0.2, 0) is 11.2 Å². The molecule has 0 saturated carbocycles. The molecule has 2 aromatic rings. The molecule has 0 unspecified atom stereocenters. The summed E-state index contributed by atoms with van der Waals surface area (Å²) in [5.41, 5.74) is 0.890. The van der Waals surface area contributed by atoms with Crippen LogP contribution in [0.2, 0.25) is 10.0 Å². The first-order chi connectivity index (χ1) is 11.0. The molecule has 0 aliphatic heterocycles. The normalized spacial score (nSPS) is 10.4. The van der Waals surface area contributed by atoms with E-state index in [4.69, 9.17) is 27.6 Å². The molecule has 0 saturated heterocycles. The number of hydrogen-bond acceptors (Lipinski definition) is 3. The van der Waals surface area contributed by atoms with Crippen molar-refractivity contribution in [2.24, 2.45) is 0 Å². The molecule has 2 amide bonds. The Morgan fingerprint density at radius 2 is 1.91 bits per heavy atom. The van der Waals surface area contributed by atoms with Crippen LogP contribution in [0.4, 0.5) is 0 Å². The van der Waals surface area contributed by atoms with Gasteiger partial charge in [-0.3, -0.25) is 9.59 Å². The highest BCUT2D eigenvalue weighted by molar-refractivity contribution is 9.10. The summed E-state index contributed by atoms with van der Waals surface area (Å²) in [5, 5.41) is 6.29. The van der Waals surface area contributed by atoms with E-state index in [2.05, 4.69) is 26.6 Å². The number of nitrogens with one attached hydrogen (secondary N) is 2. The van der Waals surface area contributed by atoms with Gasteiger partial charge in [-0.2, -0.15) is 0 Å². The number of carbonyl (C=O) groups is 2. The highest BCUT2D eigenvalue weighted by Crippen LogP contribution is 2.21. The largest absolute Gasteiger partial charge is 0.444 e. The fourth-order valence-electron chi connectivity index (χ4n) is 1.81. The van der Waals surface area contributed by atoms with Gasteiger partial charge in [0.2, 0.25) is 5.91 Å². The fraction of sp³-hybridized carbons (Fsp3) is 0.200. The molecule has 1 aromatic carbocycles. The Balaban J connectivity index is 1.72. The summed E-state index contributed by atoms with van der Waals surface area (Å²) in [4.78, 5) is 23.4. The minimum atomic E-state index is -0.452. The zero-order valence-corrected chi connectivity index (χ0v) is 15.0. The minimum Gasteiger partial charge on any atom is -0.444 e. The number of benzene rings is 1. The molecule has 2 rings (SSSR count). The van der Waals surface area contributed by atoms with Crippen molar-refractivity contribution in [2.45, 2.75) is 6.42 Å². The van der Waals surface area contributed by atoms with Gasteiger partial charge in [-0.25, -0.2) is 0 Å². The third-order valence-corrected chi connectivity index (χ3v) is 3.95. The van der Waals surface area contributed by atoms with E-state index in [-0.39, 0.29) is 18.2 Å². The van der Waals surface area contributed by atoms with E-state index < -0.39 is 5.91 Å². The van der Waals surface area contributed by atoms with Crippen LogP contribution >= 0.6 is 39.1 Å². The molecule has 23 heavy (non-hydrogen) atoms. The van der Waals surface area contributed by atoms with E-state index in [0.29, 0.717) is 27.7 Å². The number of furan rings is 1. The van der Waals surface area contributed by atoms with Crippen molar-refractivity contribution in [1.29, 1.82) is 0 Å². The number of carbonyl (C=O) groups excluding carboxylic acids is 2. The number of amides is 2. The van der Waals surface area contributed by atoms with Crippen LogP contribution in [0, 0.1) is 0 Å².